The van der Waals surface area contributed by atoms with Crippen molar-refractivity contribution in [3.05, 3.63) is 89.5 Å². The predicted octanol–water partition coefficient (Wildman–Crippen LogP) is 4.53. The molecule has 0 atom stereocenters. The molecule has 2 heterocycles. The summed E-state index contributed by atoms with van der Waals surface area (Å²) in [4.78, 5) is 16.3. The number of carbonyl (C=O) groups is 1. The molecule has 4 rings (SSSR count). The number of hydrogen-bond donors (Lipinski definition) is 1. The number of rotatable bonds is 7. The molecule has 1 amide bonds. The van der Waals surface area contributed by atoms with Crippen LogP contribution >= 0.6 is 23.4 Å². The maximum absolute atomic E-state index is 13.4. The molecule has 0 saturated carbocycles. The van der Waals surface area contributed by atoms with Gasteiger partial charge in [-0.3, -0.25) is 9.36 Å². The van der Waals surface area contributed by atoms with Gasteiger partial charge in [0.25, 0.3) is 0 Å². The van der Waals surface area contributed by atoms with Crippen molar-refractivity contribution in [2.45, 2.75) is 11.7 Å². The van der Waals surface area contributed by atoms with Gasteiger partial charge in [0.05, 0.1) is 5.75 Å². The summed E-state index contributed by atoms with van der Waals surface area (Å²) in [6.45, 7) is 0.357. The lowest BCUT2D eigenvalue weighted by atomic mass is 10.2. The highest BCUT2D eigenvalue weighted by Gasteiger charge is 2.17. The van der Waals surface area contributed by atoms with E-state index in [4.69, 9.17) is 11.6 Å². The normalized spacial score (nSPS) is 10.8. The van der Waals surface area contributed by atoms with Crippen LogP contribution in [0.5, 0.6) is 0 Å². The molecule has 6 nitrogen and oxygen atoms in total. The van der Waals surface area contributed by atoms with Crippen LogP contribution in [0, 0.1) is 5.82 Å². The fourth-order valence-corrected chi connectivity index (χ4v) is 3.75. The molecule has 2 aromatic heterocycles. The van der Waals surface area contributed by atoms with Gasteiger partial charge in [-0.15, -0.1) is 10.2 Å². The second-order valence-corrected chi connectivity index (χ2v) is 7.87. The van der Waals surface area contributed by atoms with Crippen LogP contribution in [0.2, 0.25) is 5.15 Å². The summed E-state index contributed by atoms with van der Waals surface area (Å²) in [5.74, 6) is 0.263. The molecule has 31 heavy (non-hydrogen) atoms. The van der Waals surface area contributed by atoms with Gasteiger partial charge >= 0.3 is 0 Å². The monoisotopic (exact) mass is 453 g/mol. The highest BCUT2D eigenvalue weighted by Crippen LogP contribution is 2.28. The number of carbonyl (C=O) groups excluding carboxylic acids is 1. The fourth-order valence-electron chi connectivity index (χ4n) is 2.85. The first-order chi connectivity index (χ1) is 15.1. The van der Waals surface area contributed by atoms with Gasteiger partial charge in [-0.05, 0) is 48.0 Å². The lowest BCUT2D eigenvalue weighted by Gasteiger charge is -2.10. The molecule has 0 spiro atoms. The number of aromatic nitrogens is 4. The highest BCUT2D eigenvalue weighted by atomic mass is 35.5. The van der Waals surface area contributed by atoms with Gasteiger partial charge in [0.1, 0.15) is 11.0 Å². The Balaban J connectivity index is 1.50. The Bertz CT molecular complexity index is 1170. The van der Waals surface area contributed by atoms with E-state index in [1.54, 1.807) is 24.4 Å². The summed E-state index contributed by atoms with van der Waals surface area (Å²) in [5, 5.41) is 12.4. The van der Waals surface area contributed by atoms with E-state index in [2.05, 4.69) is 20.5 Å². The second-order valence-electron chi connectivity index (χ2n) is 6.54. The van der Waals surface area contributed by atoms with Crippen molar-refractivity contribution in [3.8, 4) is 17.1 Å². The number of para-hydroxylation sites is 1. The minimum Gasteiger partial charge on any atom is -0.351 e. The Morgan fingerprint density at radius 3 is 2.52 bits per heavy atom. The van der Waals surface area contributed by atoms with E-state index >= 15 is 0 Å². The lowest BCUT2D eigenvalue weighted by molar-refractivity contribution is -0.118. The van der Waals surface area contributed by atoms with E-state index in [0.29, 0.717) is 22.7 Å². The van der Waals surface area contributed by atoms with Crippen LogP contribution in [0.15, 0.2) is 78.1 Å². The van der Waals surface area contributed by atoms with Crippen LogP contribution in [-0.2, 0) is 11.3 Å². The smallest absolute Gasteiger partial charge is 0.230 e. The highest BCUT2D eigenvalue weighted by molar-refractivity contribution is 7.99. The van der Waals surface area contributed by atoms with Crippen molar-refractivity contribution >= 4 is 29.3 Å². The van der Waals surface area contributed by atoms with Crippen LogP contribution in [-0.4, -0.2) is 31.4 Å². The molecule has 2 aromatic carbocycles. The van der Waals surface area contributed by atoms with Gasteiger partial charge in [-0.25, -0.2) is 9.37 Å². The molecule has 0 radical (unpaired) electrons. The quantitative estimate of drug-likeness (QED) is 0.329. The summed E-state index contributed by atoms with van der Waals surface area (Å²) in [7, 11) is 0. The predicted molar refractivity (Wildman–Crippen MR) is 119 cm³/mol. The van der Waals surface area contributed by atoms with Crippen molar-refractivity contribution in [1.82, 2.24) is 25.1 Å². The second kappa shape index (κ2) is 9.72. The molecule has 4 aromatic rings. The molecule has 0 fully saturated rings. The minimum atomic E-state index is -0.323. The van der Waals surface area contributed by atoms with Crippen LogP contribution in [0.3, 0.4) is 0 Å². The molecule has 0 bridgehead atoms. The molecular weight excluding hydrogens is 437 g/mol. The van der Waals surface area contributed by atoms with Crippen molar-refractivity contribution in [1.29, 1.82) is 0 Å². The van der Waals surface area contributed by atoms with Gasteiger partial charge < -0.3 is 5.32 Å². The zero-order valence-corrected chi connectivity index (χ0v) is 17.8. The van der Waals surface area contributed by atoms with Gasteiger partial charge in [0.2, 0.25) is 5.91 Å². The number of pyridine rings is 1. The Labute approximate surface area is 187 Å². The number of thioether (sulfide) groups is 1. The first kappa shape index (κ1) is 21.0. The van der Waals surface area contributed by atoms with Crippen molar-refractivity contribution in [2.75, 3.05) is 5.75 Å². The van der Waals surface area contributed by atoms with E-state index in [1.807, 2.05) is 41.0 Å². The summed E-state index contributed by atoms with van der Waals surface area (Å²) >= 11 is 7.05. The van der Waals surface area contributed by atoms with E-state index in [-0.39, 0.29) is 17.5 Å². The lowest BCUT2D eigenvalue weighted by Crippen LogP contribution is -2.24. The third-order valence-electron chi connectivity index (χ3n) is 4.36. The molecule has 0 aliphatic carbocycles. The largest absolute Gasteiger partial charge is 0.351 e. The average molecular weight is 454 g/mol. The van der Waals surface area contributed by atoms with Crippen LogP contribution in [0.1, 0.15) is 5.56 Å². The molecule has 9 heteroatoms. The van der Waals surface area contributed by atoms with Crippen LogP contribution in [0.25, 0.3) is 17.1 Å². The Morgan fingerprint density at radius 2 is 1.81 bits per heavy atom. The van der Waals surface area contributed by atoms with E-state index in [0.717, 1.165) is 16.8 Å². The molecule has 0 aliphatic rings. The minimum absolute atomic E-state index is 0.147. The van der Waals surface area contributed by atoms with E-state index in [1.165, 1.54) is 23.9 Å². The zero-order valence-electron chi connectivity index (χ0n) is 16.2. The molecule has 0 aliphatic heterocycles. The van der Waals surface area contributed by atoms with Gasteiger partial charge in [0, 0.05) is 24.0 Å². The number of hydrogen-bond acceptors (Lipinski definition) is 5. The van der Waals surface area contributed by atoms with Crippen molar-refractivity contribution < 1.29 is 9.18 Å². The van der Waals surface area contributed by atoms with Crippen molar-refractivity contribution in [3.63, 3.8) is 0 Å². The topological polar surface area (TPSA) is 72.7 Å². The van der Waals surface area contributed by atoms with Gasteiger partial charge in [-0.2, -0.15) is 0 Å². The number of nitrogens with one attached hydrogen (secondary N) is 1. The number of benzene rings is 2. The summed E-state index contributed by atoms with van der Waals surface area (Å²) in [6.07, 6.45) is 1.62. The third-order valence-corrected chi connectivity index (χ3v) is 5.51. The van der Waals surface area contributed by atoms with E-state index < -0.39 is 0 Å². The Morgan fingerprint density at radius 1 is 1.03 bits per heavy atom. The molecular formula is C22H17ClFN5OS. The maximum atomic E-state index is 13.4. The summed E-state index contributed by atoms with van der Waals surface area (Å²) in [6, 6.07) is 19.1. The SMILES string of the molecule is O=C(CSc1nnc(-c2ccc(F)cc2)n1-c1ccccc1)NCc1ccc(Cl)nc1. The van der Waals surface area contributed by atoms with Crippen molar-refractivity contribution in [2.24, 2.45) is 0 Å². The molecule has 0 saturated heterocycles. The Hall–Kier alpha value is -3.23. The van der Waals surface area contributed by atoms with Crippen LogP contribution < -0.4 is 5.32 Å². The van der Waals surface area contributed by atoms with E-state index in [9.17, 15) is 9.18 Å². The zero-order chi connectivity index (χ0) is 21.6. The number of nitrogens with zero attached hydrogens (tertiary/aromatic N) is 4. The number of amides is 1. The van der Waals surface area contributed by atoms with Gasteiger partial charge in [0.15, 0.2) is 11.0 Å². The molecule has 1 N–H and O–H groups in total. The first-order valence-electron chi connectivity index (χ1n) is 9.37. The van der Waals surface area contributed by atoms with Gasteiger partial charge in [-0.1, -0.05) is 47.6 Å². The average Bonchev–Trinajstić information content (AvgIpc) is 3.22. The maximum Gasteiger partial charge on any atom is 0.230 e. The molecule has 0 unspecified atom stereocenters. The Kier molecular flexibility index (Phi) is 6.59. The third kappa shape index (κ3) is 5.28. The fraction of sp³-hybridized carbons (Fsp3) is 0.0909. The summed E-state index contributed by atoms with van der Waals surface area (Å²) < 4.78 is 15.2. The first-order valence-corrected chi connectivity index (χ1v) is 10.7. The summed E-state index contributed by atoms with van der Waals surface area (Å²) in [5.41, 5.74) is 2.43. The standard InChI is InChI=1S/C22H17ClFN5OS/c23-19-11-6-15(12-25-19)13-26-20(30)14-31-22-28-27-21(16-7-9-17(24)10-8-16)29(22)18-4-2-1-3-5-18/h1-12H,13-14H2,(H,26,30). The van der Waals surface area contributed by atoms with Crippen LogP contribution in [0.4, 0.5) is 4.39 Å². The number of halogens is 2. The molecule has 156 valence electrons.